The molecule has 0 rings (SSSR count). The quantitative estimate of drug-likeness (QED) is 0.535. The molecule has 0 saturated carbocycles. The summed E-state index contributed by atoms with van der Waals surface area (Å²) in [6.45, 7) is 2.50. The fraction of sp³-hybridized carbons (Fsp3) is 0.500. The molecule has 2 nitrogen and oxygen atoms in total. The van der Waals surface area contributed by atoms with Gasteiger partial charge in [0, 0.05) is 40.1 Å². The van der Waals surface area contributed by atoms with Crippen LogP contribution in [0.1, 0.15) is 13.8 Å². The molecule has 0 aromatic carbocycles. The number of hydrogen-bond acceptors (Lipinski definition) is 2. The zero-order valence-electron chi connectivity index (χ0n) is 4.32. The van der Waals surface area contributed by atoms with E-state index in [4.69, 9.17) is 0 Å². The predicted molar refractivity (Wildman–Crippen MR) is 21.4 cm³/mol. The summed E-state index contributed by atoms with van der Waals surface area (Å²) in [5.41, 5.74) is 0. The van der Waals surface area contributed by atoms with Crippen LogP contribution in [0.5, 0.6) is 0 Å². The van der Waals surface area contributed by atoms with E-state index in [2.05, 4.69) is 0 Å². The Morgan fingerprint density at radius 2 is 1.14 bits per heavy atom. The molecule has 0 amide bonds. The minimum atomic E-state index is -0.380. The molecule has 0 aromatic rings. The first kappa shape index (κ1) is 10.3. The van der Waals surface area contributed by atoms with Gasteiger partial charge in [-0.1, -0.05) is 0 Å². The van der Waals surface area contributed by atoms with Crippen LogP contribution in [0.3, 0.4) is 0 Å². The van der Waals surface area contributed by atoms with Crippen LogP contribution in [0.2, 0.25) is 0 Å². The topological polar surface area (TPSA) is 34.1 Å². The molecular weight excluding hydrogens is 171 g/mol. The number of rotatable bonds is 1. The molecule has 7 heavy (non-hydrogen) atoms. The van der Waals surface area contributed by atoms with E-state index in [1.54, 1.807) is 0 Å². The van der Waals surface area contributed by atoms with Crippen molar-refractivity contribution in [2.75, 3.05) is 0 Å². The van der Waals surface area contributed by atoms with E-state index in [1.165, 1.54) is 13.8 Å². The van der Waals surface area contributed by atoms with Crippen molar-refractivity contribution in [1.82, 2.24) is 0 Å². The fourth-order valence-electron chi connectivity index (χ4n) is 0. The number of hydrogen-bond donors (Lipinski definition) is 0. The van der Waals surface area contributed by atoms with Gasteiger partial charge in [-0.05, 0) is 0 Å². The Kier molecular flexibility index (Phi) is 6.42. The Morgan fingerprint density at radius 3 is 1.14 bits per heavy atom. The maximum atomic E-state index is 9.79. The molecule has 3 heteroatoms. The van der Waals surface area contributed by atoms with Crippen molar-refractivity contribution in [1.29, 1.82) is 0 Å². The normalized spacial score (nSPS) is 6.57. The first-order valence-corrected chi connectivity index (χ1v) is 1.66. The van der Waals surface area contributed by atoms with Crippen LogP contribution in [0.4, 0.5) is 0 Å². The summed E-state index contributed by atoms with van der Waals surface area (Å²) >= 11 is 0. The molecule has 0 bridgehead atoms. The maximum absolute atomic E-state index is 9.79. The summed E-state index contributed by atoms with van der Waals surface area (Å²) in [6, 6.07) is 0. The minimum Gasteiger partial charge on any atom is -0.291 e. The molecular formula is C4H6O2Zr. The van der Waals surface area contributed by atoms with Crippen molar-refractivity contribution >= 4 is 11.6 Å². The van der Waals surface area contributed by atoms with Crippen LogP contribution in [-0.4, -0.2) is 11.6 Å². The van der Waals surface area contributed by atoms with Crippen molar-refractivity contribution in [2.24, 2.45) is 0 Å². The SMILES string of the molecule is CC(=O)C(C)=O.[Zr]. The van der Waals surface area contributed by atoms with E-state index in [-0.39, 0.29) is 37.8 Å². The van der Waals surface area contributed by atoms with E-state index in [9.17, 15) is 9.59 Å². The molecule has 0 aromatic heterocycles. The van der Waals surface area contributed by atoms with Gasteiger partial charge in [-0.15, -0.1) is 0 Å². The molecule has 0 aliphatic heterocycles. The van der Waals surface area contributed by atoms with Crippen LogP contribution < -0.4 is 0 Å². The van der Waals surface area contributed by atoms with Gasteiger partial charge in [-0.25, -0.2) is 0 Å². The summed E-state index contributed by atoms with van der Waals surface area (Å²) in [5, 5.41) is 0. The third kappa shape index (κ3) is 6.22. The second-order valence-corrected chi connectivity index (χ2v) is 1.11. The Hall–Kier alpha value is 0.223. The van der Waals surface area contributed by atoms with Crippen LogP contribution in [0.25, 0.3) is 0 Å². The first-order chi connectivity index (χ1) is 2.64. The summed E-state index contributed by atoms with van der Waals surface area (Å²) in [5.74, 6) is -0.759. The predicted octanol–water partition coefficient (Wildman–Crippen LogP) is 0.162. The van der Waals surface area contributed by atoms with Crippen LogP contribution in [0.15, 0.2) is 0 Å². The molecule has 0 spiro atoms. The Morgan fingerprint density at radius 1 is 1.00 bits per heavy atom. The van der Waals surface area contributed by atoms with Gasteiger partial charge in [-0.3, -0.25) is 9.59 Å². The van der Waals surface area contributed by atoms with E-state index in [0.717, 1.165) is 0 Å². The number of carbonyl (C=O) groups is 2. The van der Waals surface area contributed by atoms with Gasteiger partial charge in [-0.2, -0.15) is 0 Å². The van der Waals surface area contributed by atoms with Crippen molar-refractivity contribution in [3.05, 3.63) is 0 Å². The third-order valence-electron chi connectivity index (χ3n) is 0.496. The zero-order valence-corrected chi connectivity index (χ0v) is 6.77. The maximum Gasteiger partial charge on any atom is 0.195 e. The standard InChI is InChI=1S/C4H6O2.Zr/c1-3(5)4(2)6;/h1-2H3;. The summed E-state index contributed by atoms with van der Waals surface area (Å²) in [4.78, 5) is 19.6. The van der Waals surface area contributed by atoms with Gasteiger partial charge in [0.1, 0.15) is 0 Å². The Balaban J connectivity index is 0. The largest absolute Gasteiger partial charge is 0.291 e. The number of ketones is 2. The molecule has 0 aliphatic rings. The Bertz CT molecular complexity index is 75.7. The average Bonchev–Trinajstić information content (AvgIpc) is 1.36. The van der Waals surface area contributed by atoms with Gasteiger partial charge in [0.25, 0.3) is 0 Å². The van der Waals surface area contributed by atoms with Gasteiger partial charge in [0.15, 0.2) is 11.6 Å². The monoisotopic (exact) mass is 176 g/mol. The van der Waals surface area contributed by atoms with Crippen LogP contribution in [-0.2, 0) is 35.8 Å². The van der Waals surface area contributed by atoms with Crippen molar-refractivity contribution in [3.8, 4) is 0 Å². The second-order valence-electron chi connectivity index (χ2n) is 1.11. The van der Waals surface area contributed by atoms with E-state index in [0.29, 0.717) is 0 Å². The Labute approximate surface area is 61.4 Å². The van der Waals surface area contributed by atoms with E-state index < -0.39 is 0 Å². The fourth-order valence-corrected chi connectivity index (χ4v) is 0. The summed E-state index contributed by atoms with van der Waals surface area (Å²) in [7, 11) is 0. The van der Waals surface area contributed by atoms with E-state index >= 15 is 0 Å². The van der Waals surface area contributed by atoms with Gasteiger partial charge in [0.2, 0.25) is 0 Å². The van der Waals surface area contributed by atoms with E-state index in [1.807, 2.05) is 0 Å². The number of carbonyl (C=O) groups excluding carboxylic acids is 2. The minimum absolute atomic E-state index is 0. The van der Waals surface area contributed by atoms with Crippen LogP contribution >= 0.6 is 0 Å². The zero-order chi connectivity index (χ0) is 5.15. The second kappa shape index (κ2) is 4.38. The molecule has 38 valence electrons. The smallest absolute Gasteiger partial charge is 0.195 e. The van der Waals surface area contributed by atoms with Gasteiger partial charge < -0.3 is 0 Å². The third-order valence-corrected chi connectivity index (χ3v) is 0.496. The first-order valence-electron chi connectivity index (χ1n) is 1.66. The molecule has 0 unspecified atom stereocenters. The van der Waals surface area contributed by atoms with Gasteiger partial charge in [0.05, 0.1) is 0 Å². The summed E-state index contributed by atoms with van der Waals surface area (Å²) in [6.07, 6.45) is 0. The van der Waals surface area contributed by atoms with Crippen molar-refractivity contribution in [3.63, 3.8) is 0 Å². The molecule has 0 N–H and O–H groups in total. The van der Waals surface area contributed by atoms with Crippen molar-refractivity contribution in [2.45, 2.75) is 13.8 Å². The molecule has 0 fully saturated rings. The molecule has 0 aliphatic carbocycles. The molecule has 0 radical (unpaired) electrons. The summed E-state index contributed by atoms with van der Waals surface area (Å²) < 4.78 is 0. The van der Waals surface area contributed by atoms with Gasteiger partial charge >= 0.3 is 0 Å². The molecule has 0 atom stereocenters. The average molecular weight is 177 g/mol. The number of Topliss-reactive ketones (excluding diaryl/α,β-unsaturated/α-hetero) is 2. The molecule has 0 heterocycles. The molecule has 0 saturated heterocycles. The van der Waals surface area contributed by atoms with Crippen LogP contribution in [0, 0.1) is 0 Å². The van der Waals surface area contributed by atoms with Crippen molar-refractivity contribution < 1.29 is 35.8 Å².